The third-order valence-corrected chi connectivity index (χ3v) is 4.09. The van der Waals surface area contributed by atoms with E-state index in [2.05, 4.69) is 36.9 Å². The molecule has 0 amide bonds. The molecule has 0 saturated heterocycles. The molecule has 1 aliphatic carbocycles. The number of halogens is 1. The van der Waals surface area contributed by atoms with Crippen molar-refractivity contribution in [2.45, 2.75) is 45.7 Å². The van der Waals surface area contributed by atoms with Gasteiger partial charge in [-0.2, -0.15) is 0 Å². The highest BCUT2D eigenvalue weighted by Crippen LogP contribution is 2.26. The number of rotatable bonds is 5. The Morgan fingerprint density at radius 3 is 2.53 bits per heavy atom. The molecular weight excluding hydrogens is 230 g/mol. The molecule has 0 heterocycles. The number of hydrogen-bond acceptors (Lipinski definition) is 1. The molecule has 0 unspecified atom stereocenters. The Labute approximate surface area is 110 Å². The van der Waals surface area contributed by atoms with E-state index in [-0.39, 0.29) is 0 Å². The number of aryl methyl sites for hydroxylation is 2. The molecule has 0 aliphatic heterocycles. The van der Waals surface area contributed by atoms with Crippen molar-refractivity contribution in [1.29, 1.82) is 0 Å². The lowest BCUT2D eigenvalue weighted by atomic mass is 9.91. The molecule has 0 atom stereocenters. The van der Waals surface area contributed by atoms with E-state index in [0.717, 1.165) is 25.0 Å². The van der Waals surface area contributed by atoms with Crippen LogP contribution in [0.2, 0.25) is 0 Å². The third kappa shape index (κ3) is 3.23. The molecule has 2 heteroatoms. The Morgan fingerprint density at radius 1 is 1.24 bits per heavy atom. The van der Waals surface area contributed by atoms with Gasteiger partial charge in [-0.15, -0.1) is 11.6 Å². The van der Waals surface area contributed by atoms with Crippen molar-refractivity contribution in [3.8, 4) is 0 Å². The van der Waals surface area contributed by atoms with Crippen LogP contribution in [-0.4, -0.2) is 23.4 Å². The smallest absolute Gasteiger partial charge is 0.0351 e. The zero-order chi connectivity index (χ0) is 12.3. The zero-order valence-corrected chi connectivity index (χ0v) is 11.6. The van der Waals surface area contributed by atoms with Gasteiger partial charge in [-0.05, 0) is 43.4 Å². The summed E-state index contributed by atoms with van der Waals surface area (Å²) in [4.78, 5) is 2.54. The van der Waals surface area contributed by atoms with Crippen LogP contribution in [-0.2, 0) is 6.54 Å². The first-order valence-corrected chi connectivity index (χ1v) is 7.10. The molecule has 0 bridgehead atoms. The quantitative estimate of drug-likeness (QED) is 0.718. The van der Waals surface area contributed by atoms with Gasteiger partial charge in [0, 0.05) is 25.0 Å². The van der Waals surface area contributed by atoms with Crippen molar-refractivity contribution >= 4 is 11.6 Å². The summed E-state index contributed by atoms with van der Waals surface area (Å²) in [5, 5.41) is 0. The average Bonchev–Trinajstić information content (AvgIpc) is 2.21. The van der Waals surface area contributed by atoms with Crippen molar-refractivity contribution in [3.05, 3.63) is 34.9 Å². The van der Waals surface area contributed by atoms with Crippen molar-refractivity contribution < 1.29 is 0 Å². The van der Waals surface area contributed by atoms with Crippen LogP contribution in [0.25, 0.3) is 0 Å². The van der Waals surface area contributed by atoms with Gasteiger partial charge < -0.3 is 0 Å². The maximum atomic E-state index is 5.90. The Bertz CT molecular complexity index is 371. The maximum absolute atomic E-state index is 5.90. The molecule has 1 aliphatic rings. The maximum Gasteiger partial charge on any atom is 0.0351 e. The summed E-state index contributed by atoms with van der Waals surface area (Å²) < 4.78 is 0. The van der Waals surface area contributed by atoms with Gasteiger partial charge in [0.05, 0.1) is 0 Å². The predicted molar refractivity (Wildman–Crippen MR) is 74.7 cm³/mol. The van der Waals surface area contributed by atoms with Crippen LogP contribution in [0.15, 0.2) is 18.2 Å². The second kappa shape index (κ2) is 5.88. The van der Waals surface area contributed by atoms with Gasteiger partial charge in [0.15, 0.2) is 0 Å². The Hall–Kier alpha value is -0.530. The SMILES string of the molecule is Cc1ccc(CN(CCCl)C2CCC2)cc1C. The summed E-state index contributed by atoms with van der Waals surface area (Å²) in [5.74, 6) is 0.737. The summed E-state index contributed by atoms with van der Waals surface area (Å²) in [6.07, 6.45) is 4.08. The van der Waals surface area contributed by atoms with Gasteiger partial charge in [0.25, 0.3) is 0 Å². The normalized spacial score (nSPS) is 16.2. The van der Waals surface area contributed by atoms with Crippen LogP contribution in [0.1, 0.15) is 36.0 Å². The minimum Gasteiger partial charge on any atom is -0.295 e. The van der Waals surface area contributed by atoms with E-state index < -0.39 is 0 Å². The van der Waals surface area contributed by atoms with E-state index in [9.17, 15) is 0 Å². The largest absolute Gasteiger partial charge is 0.295 e. The minimum atomic E-state index is 0.737. The van der Waals surface area contributed by atoms with E-state index in [1.165, 1.54) is 36.0 Å². The van der Waals surface area contributed by atoms with E-state index in [4.69, 9.17) is 11.6 Å². The lowest BCUT2D eigenvalue weighted by molar-refractivity contribution is 0.127. The first kappa shape index (κ1) is 12.9. The zero-order valence-electron chi connectivity index (χ0n) is 10.9. The van der Waals surface area contributed by atoms with E-state index in [1.807, 2.05) is 0 Å². The van der Waals surface area contributed by atoms with Crippen LogP contribution < -0.4 is 0 Å². The molecule has 1 aromatic carbocycles. The summed E-state index contributed by atoms with van der Waals surface area (Å²) in [6.45, 7) is 6.42. The van der Waals surface area contributed by atoms with Crippen LogP contribution in [0.5, 0.6) is 0 Å². The molecule has 1 fully saturated rings. The molecule has 94 valence electrons. The summed E-state index contributed by atoms with van der Waals surface area (Å²) in [7, 11) is 0. The van der Waals surface area contributed by atoms with Crippen LogP contribution >= 0.6 is 11.6 Å². The second-order valence-corrected chi connectivity index (χ2v) is 5.54. The molecule has 1 aromatic rings. The highest BCUT2D eigenvalue weighted by atomic mass is 35.5. The van der Waals surface area contributed by atoms with Gasteiger partial charge in [-0.25, -0.2) is 0 Å². The van der Waals surface area contributed by atoms with Gasteiger partial charge in [0.1, 0.15) is 0 Å². The number of benzene rings is 1. The van der Waals surface area contributed by atoms with Gasteiger partial charge in [-0.3, -0.25) is 4.90 Å². The van der Waals surface area contributed by atoms with E-state index in [1.54, 1.807) is 0 Å². The lowest BCUT2D eigenvalue weighted by Crippen LogP contribution is -2.40. The summed E-state index contributed by atoms with van der Waals surface area (Å²) in [6, 6.07) is 7.57. The number of alkyl halides is 1. The standard InChI is InChI=1S/C15H22ClN/c1-12-6-7-14(10-13(12)2)11-17(9-8-16)15-4-3-5-15/h6-7,10,15H,3-5,8-9,11H2,1-2H3. The molecule has 0 aromatic heterocycles. The molecule has 17 heavy (non-hydrogen) atoms. The summed E-state index contributed by atoms with van der Waals surface area (Å²) in [5.41, 5.74) is 4.19. The molecule has 1 nitrogen and oxygen atoms in total. The molecule has 0 N–H and O–H groups in total. The monoisotopic (exact) mass is 251 g/mol. The molecule has 1 saturated carbocycles. The van der Waals surface area contributed by atoms with E-state index >= 15 is 0 Å². The Balaban J connectivity index is 2.02. The lowest BCUT2D eigenvalue weighted by Gasteiger charge is -2.37. The highest BCUT2D eigenvalue weighted by molar-refractivity contribution is 6.18. The first-order chi connectivity index (χ1) is 8.20. The fourth-order valence-corrected chi connectivity index (χ4v) is 2.60. The molecule has 0 spiro atoms. The number of hydrogen-bond donors (Lipinski definition) is 0. The van der Waals surface area contributed by atoms with E-state index in [0.29, 0.717) is 0 Å². The van der Waals surface area contributed by atoms with Crippen LogP contribution in [0, 0.1) is 13.8 Å². The van der Waals surface area contributed by atoms with Crippen molar-refractivity contribution in [1.82, 2.24) is 4.90 Å². The first-order valence-electron chi connectivity index (χ1n) is 6.57. The fourth-order valence-electron chi connectivity index (χ4n) is 2.39. The molecular formula is C15H22ClN. The predicted octanol–water partition coefficient (Wildman–Crippen LogP) is 3.90. The van der Waals surface area contributed by atoms with Crippen LogP contribution in [0.4, 0.5) is 0 Å². The molecule has 2 rings (SSSR count). The minimum absolute atomic E-state index is 0.737. The number of nitrogens with zero attached hydrogens (tertiary/aromatic N) is 1. The van der Waals surface area contributed by atoms with Crippen molar-refractivity contribution in [2.24, 2.45) is 0 Å². The average molecular weight is 252 g/mol. The Kier molecular flexibility index (Phi) is 4.47. The Morgan fingerprint density at radius 2 is 2.00 bits per heavy atom. The van der Waals surface area contributed by atoms with Crippen LogP contribution in [0.3, 0.4) is 0 Å². The van der Waals surface area contributed by atoms with Crippen molar-refractivity contribution in [2.75, 3.05) is 12.4 Å². The topological polar surface area (TPSA) is 3.24 Å². The highest BCUT2D eigenvalue weighted by Gasteiger charge is 2.24. The summed E-state index contributed by atoms with van der Waals surface area (Å²) >= 11 is 5.90. The van der Waals surface area contributed by atoms with Crippen molar-refractivity contribution in [3.63, 3.8) is 0 Å². The fraction of sp³-hybridized carbons (Fsp3) is 0.600. The molecule has 0 radical (unpaired) electrons. The van der Waals surface area contributed by atoms with Gasteiger partial charge in [0.2, 0.25) is 0 Å². The van der Waals surface area contributed by atoms with Gasteiger partial charge >= 0.3 is 0 Å². The van der Waals surface area contributed by atoms with Gasteiger partial charge in [-0.1, -0.05) is 24.6 Å². The third-order valence-electron chi connectivity index (χ3n) is 3.92. The second-order valence-electron chi connectivity index (χ2n) is 5.16.